The van der Waals surface area contributed by atoms with Crippen LogP contribution < -0.4 is 0 Å². The van der Waals surface area contributed by atoms with Gasteiger partial charge in [-0.2, -0.15) is 0 Å². The van der Waals surface area contributed by atoms with E-state index in [1.54, 1.807) is 13.0 Å². The molecule has 9 heavy (non-hydrogen) atoms. The summed E-state index contributed by atoms with van der Waals surface area (Å²) in [6, 6.07) is 0. The summed E-state index contributed by atoms with van der Waals surface area (Å²) in [5.74, 6) is 0. The molecule has 0 aromatic rings. The molecule has 1 N–H and O–H groups in total. The number of rotatable bonds is 4. The van der Waals surface area contributed by atoms with Crippen molar-refractivity contribution in [3.8, 4) is 0 Å². The van der Waals surface area contributed by atoms with Crippen molar-refractivity contribution in [3.05, 3.63) is 12.7 Å². The molecule has 0 aromatic carbocycles. The molecular formula is C6H13NaO2. The monoisotopic (exact) mass is 140 g/mol. The first-order valence-corrected chi connectivity index (χ1v) is 2.64. The van der Waals surface area contributed by atoms with E-state index in [0.717, 1.165) is 0 Å². The number of aliphatic hydroxyl groups is 1. The number of hydrogen-bond acceptors (Lipinski definition) is 2. The van der Waals surface area contributed by atoms with Gasteiger partial charge >= 0.3 is 29.6 Å². The van der Waals surface area contributed by atoms with Crippen molar-refractivity contribution in [1.82, 2.24) is 0 Å². The van der Waals surface area contributed by atoms with Crippen LogP contribution in [0.2, 0.25) is 0 Å². The molecule has 0 radical (unpaired) electrons. The summed E-state index contributed by atoms with van der Waals surface area (Å²) in [7, 11) is 0. The Balaban J connectivity index is 0. The molecule has 0 saturated carbocycles. The van der Waals surface area contributed by atoms with Crippen LogP contribution in [-0.4, -0.2) is 54.0 Å². The first-order chi connectivity index (χ1) is 3.77. The van der Waals surface area contributed by atoms with E-state index in [2.05, 4.69) is 6.58 Å². The van der Waals surface area contributed by atoms with Crippen molar-refractivity contribution >= 4 is 29.6 Å². The van der Waals surface area contributed by atoms with E-state index in [0.29, 0.717) is 13.2 Å². The molecule has 0 aliphatic carbocycles. The van der Waals surface area contributed by atoms with E-state index in [4.69, 9.17) is 9.84 Å². The summed E-state index contributed by atoms with van der Waals surface area (Å²) in [6.07, 6.45) is 1.29. The van der Waals surface area contributed by atoms with Gasteiger partial charge in [-0.25, -0.2) is 0 Å². The number of ether oxygens (including phenoxy) is 1. The zero-order valence-electron chi connectivity index (χ0n) is 5.13. The fraction of sp³-hybridized carbons (Fsp3) is 0.667. The molecule has 0 heterocycles. The van der Waals surface area contributed by atoms with Crippen molar-refractivity contribution in [2.45, 2.75) is 13.0 Å². The van der Waals surface area contributed by atoms with Crippen LogP contribution in [0.3, 0.4) is 0 Å². The van der Waals surface area contributed by atoms with Gasteiger partial charge in [0.25, 0.3) is 0 Å². The van der Waals surface area contributed by atoms with E-state index in [1.807, 2.05) is 0 Å². The molecule has 3 heteroatoms. The molecule has 0 fully saturated rings. The molecule has 0 aliphatic rings. The summed E-state index contributed by atoms with van der Waals surface area (Å²) in [5, 5.41) is 8.62. The van der Waals surface area contributed by atoms with E-state index in [9.17, 15) is 0 Å². The summed E-state index contributed by atoms with van der Waals surface area (Å²) in [6.45, 7) is 6.05. The van der Waals surface area contributed by atoms with Crippen LogP contribution in [0, 0.1) is 0 Å². The standard InChI is InChI=1S/C6H12O2.Na.H/c1-3-4-8-5-6(2)7;;/h3,6-7H,1,4-5H2,2H3;;. The Kier molecular flexibility index (Phi) is 11.9. The third-order valence-corrected chi connectivity index (χ3v) is 0.595. The first kappa shape index (κ1) is 12.3. The van der Waals surface area contributed by atoms with Gasteiger partial charge in [0.05, 0.1) is 19.3 Å². The SMILES string of the molecule is C=CCOCC(C)O.[NaH]. The zero-order valence-corrected chi connectivity index (χ0v) is 5.13. The van der Waals surface area contributed by atoms with Crippen molar-refractivity contribution in [2.75, 3.05) is 13.2 Å². The van der Waals surface area contributed by atoms with E-state index in [1.165, 1.54) is 0 Å². The normalized spacial score (nSPS) is 11.8. The first-order valence-electron chi connectivity index (χ1n) is 2.64. The molecule has 1 atom stereocenters. The molecule has 0 rings (SSSR count). The molecule has 2 nitrogen and oxygen atoms in total. The van der Waals surface area contributed by atoms with Crippen LogP contribution in [-0.2, 0) is 4.74 Å². The minimum atomic E-state index is -0.366. The van der Waals surface area contributed by atoms with Gasteiger partial charge in [-0.1, -0.05) is 6.08 Å². The molecule has 0 spiro atoms. The molecule has 50 valence electrons. The minimum absolute atomic E-state index is 0. The molecule has 0 aromatic heterocycles. The average molecular weight is 140 g/mol. The predicted octanol–water partition coefficient (Wildman–Crippen LogP) is -0.0787. The van der Waals surface area contributed by atoms with Crippen molar-refractivity contribution in [1.29, 1.82) is 0 Å². The second kappa shape index (κ2) is 8.66. The van der Waals surface area contributed by atoms with Gasteiger partial charge in [0, 0.05) is 0 Å². The van der Waals surface area contributed by atoms with Crippen LogP contribution in [0.4, 0.5) is 0 Å². The second-order valence-corrected chi connectivity index (χ2v) is 1.68. The molecule has 0 bridgehead atoms. The van der Waals surface area contributed by atoms with Gasteiger partial charge in [-0.05, 0) is 6.92 Å². The van der Waals surface area contributed by atoms with Gasteiger partial charge in [0.2, 0.25) is 0 Å². The fourth-order valence-electron chi connectivity index (χ4n) is 0.322. The summed E-state index contributed by atoms with van der Waals surface area (Å²) >= 11 is 0. The third kappa shape index (κ3) is 12.0. The van der Waals surface area contributed by atoms with Crippen LogP contribution in [0.15, 0.2) is 12.7 Å². The fourth-order valence-corrected chi connectivity index (χ4v) is 0.322. The summed E-state index contributed by atoms with van der Waals surface area (Å²) < 4.78 is 4.88. The van der Waals surface area contributed by atoms with Crippen LogP contribution in [0.1, 0.15) is 6.92 Å². The Morgan fingerprint density at radius 1 is 1.78 bits per heavy atom. The molecule has 0 amide bonds. The Hall–Kier alpha value is 0.660. The van der Waals surface area contributed by atoms with Gasteiger partial charge in [0.15, 0.2) is 0 Å². The average Bonchev–Trinajstić information content (AvgIpc) is 1.66. The van der Waals surface area contributed by atoms with E-state index < -0.39 is 0 Å². The predicted molar refractivity (Wildman–Crippen MR) is 39.8 cm³/mol. The third-order valence-electron chi connectivity index (χ3n) is 0.595. The number of aliphatic hydroxyl groups excluding tert-OH is 1. The van der Waals surface area contributed by atoms with Gasteiger partial charge in [-0.3, -0.25) is 0 Å². The van der Waals surface area contributed by atoms with E-state index in [-0.39, 0.29) is 35.7 Å². The quantitative estimate of drug-likeness (QED) is 0.336. The number of hydrogen-bond donors (Lipinski definition) is 1. The maximum absolute atomic E-state index is 8.62. The molecule has 0 saturated heterocycles. The van der Waals surface area contributed by atoms with Crippen LogP contribution >= 0.6 is 0 Å². The van der Waals surface area contributed by atoms with Crippen molar-refractivity contribution in [2.24, 2.45) is 0 Å². The summed E-state index contributed by atoms with van der Waals surface area (Å²) in [4.78, 5) is 0. The van der Waals surface area contributed by atoms with Crippen LogP contribution in [0.25, 0.3) is 0 Å². The van der Waals surface area contributed by atoms with Crippen LogP contribution in [0.5, 0.6) is 0 Å². The Morgan fingerprint density at radius 2 is 2.33 bits per heavy atom. The topological polar surface area (TPSA) is 29.5 Å². The zero-order chi connectivity index (χ0) is 6.41. The molecule has 0 aliphatic heterocycles. The van der Waals surface area contributed by atoms with E-state index >= 15 is 0 Å². The Morgan fingerprint density at radius 3 is 2.67 bits per heavy atom. The van der Waals surface area contributed by atoms with Gasteiger partial charge in [0.1, 0.15) is 0 Å². The Labute approximate surface area is 78.2 Å². The van der Waals surface area contributed by atoms with Crippen molar-refractivity contribution in [3.63, 3.8) is 0 Å². The van der Waals surface area contributed by atoms with Gasteiger partial charge < -0.3 is 9.84 Å². The van der Waals surface area contributed by atoms with Gasteiger partial charge in [-0.15, -0.1) is 6.58 Å². The summed E-state index contributed by atoms with van der Waals surface area (Å²) in [5.41, 5.74) is 0. The molecular weight excluding hydrogens is 127 g/mol. The maximum atomic E-state index is 8.62. The molecule has 1 unspecified atom stereocenters. The Bertz CT molecular complexity index is 64.1. The second-order valence-electron chi connectivity index (χ2n) is 1.68. The van der Waals surface area contributed by atoms with Crippen molar-refractivity contribution < 1.29 is 9.84 Å².